The summed E-state index contributed by atoms with van der Waals surface area (Å²) in [6.45, 7) is 4.58. The summed E-state index contributed by atoms with van der Waals surface area (Å²) in [4.78, 5) is 14.9. The molecule has 4 fully saturated rings. The average Bonchev–Trinajstić information content (AvgIpc) is 2.80. The molecule has 5 heteroatoms. The van der Waals surface area contributed by atoms with Gasteiger partial charge in [-0.2, -0.15) is 0 Å². The highest BCUT2D eigenvalue weighted by molar-refractivity contribution is 5.79. The molecule has 132 valence electrons. The number of hydrogen-bond acceptors (Lipinski definition) is 3. The molecule has 0 heterocycles. The van der Waals surface area contributed by atoms with Crippen molar-refractivity contribution in [3.8, 4) is 0 Å². The van der Waals surface area contributed by atoms with Crippen LogP contribution in [0.2, 0.25) is 0 Å². The number of fused-ring (bicyclic) bond motifs is 5. The Morgan fingerprint density at radius 2 is 1.88 bits per heavy atom. The quantitative estimate of drug-likeness (QED) is 0.432. The number of hydrogen-bond donors (Lipinski definition) is 1. The molecule has 4 saturated carbocycles. The fraction of sp³-hybridized carbons (Fsp3) is 0.947. The van der Waals surface area contributed by atoms with Crippen molar-refractivity contribution in [1.29, 1.82) is 0 Å². The van der Waals surface area contributed by atoms with Gasteiger partial charge in [0.2, 0.25) is 0 Å². The van der Waals surface area contributed by atoms with E-state index in [0.717, 1.165) is 44.9 Å². The predicted octanol–water partition coefficient (Wildman–Crippen LogP) is 4.60. The van der Waals surface area contributed by atoms with E-state index in [1.165, 1.54) is 6.42 Å². The lowest BCUT2D eigenvalue weighted by Crippen LogP contribution is -2.56. The summed E-state index contributed by atoms with van der Waals surface area (Å²) >= 11 is 0. The summed E-state index contributed by atoms with van der Waals surface area (Å²) in [6.07, 6.45) is 8.49. The maximum Gasteiger partial charge on any atom is 0.149 e. The molecule has 4 aliphatic carbocycles. The fourth-order valence-corrected chi connectivity index (χ4v) is 7.28. The molecule has 0 aromatic rings. The average molecular weight is 331 g/mol. The molecule has 0 radical (unpaired) electrons. The van der Waals surface area contributed by atoms with Crippen LogP contribution in [0.3, 0.4) is 0 Å². The molecule has 5 nitrogen and oxygen atoms in total. The molecule has 0 aromatic carbocycles. The molecule has 0 saturated heterocycles. The van der Waals surface area contributed by atoms with Crippen molar-refractivity contribution in [1.82, 2.24) is 0 Å². The molecule has 7 atom stereocenters. The Labute approximate surface area is 143 Å². The van der Waals surface area contributed by atoms with E-state index in [1.807, 2.05) is 0 Å². The van der Waals surface area contributed by atoms with E-state index in [0.29, 0.717) is 35.9 Å². The van der Waals surface area contributed by atoms with Crippen LogP contribution in [0.25, 0.3) is 10.4 Å². The number of rotatable bonds is 1. The summed E-state index contributed by atoms with van der Waals surface area (Å²) in [5.41, 5.74) is 7.71. The minimum atomic E-state index is -1.21. The third-order valence-corrected chi connectivity index (χ3v) is 8.80. The van der Waals surface area contributed by atoms with Gasteiger partial charge in [0.25, 0.3) is 0 Å². The van der Waals surface area contributed by atoms with Crippen molar-refractivity contribution in [2.45, 2.75) is 77.4 Å². The van der Waals surface area contributed by atoms with E-state index in [2.05, 4.69) is 23.9 Å². The lowest BCUT2D eigenvalue weighted by atomic mass is 9.45. The monoisotopic (exact) mass is 331 g/mol. The summed E-state index contributed by atoms with van der Waals surface area (Å²) in [5.74, 6) is 2.73. The van der Waals surface area contributed by atoms with Gasteiger partial charge in [-0.25, -0.2) is 0 Å². The molecule has 0 aromatic heterocycles. The number of aliphatic hydroxyl groups is 1. The van der Waals surface area contributed by atoms with Gasteiger partial charge in [0.1, 0.15) is 11.5 Å². The molecule has 0 aliphatic heterocycles. The van der Waals surface area contributed by atoms with E-state index in [1.54, 1.807) is 0 Å². The van der Waals surface area contributed by atoms with Crippen LogP contribution in [0.4, 0.5) is 0 Å². The molecule has 0 bridgehead atoms. The number of nitrogens with zero attached hydrogens (tertiary/aromatic N) is 3. The Bertz CT molecular complexity index is 616. The lowest BCUT2D eigenvalue weighted by molar-refractivity contribution is -0.155. The van der Waals surface area contributed by atoms with Crippen LogP contribution in [-0.2, 0) is 4.79 Å². The Balaban J connectivity index is 1.65. The third kappa shape index (κ3) is 1.97. The Morgan fingerprint density at radius 3 is 2.62 bits per heavy atom. The molecule has 0 spiro atoms. The van der Waals surface area contributed by atoms with Gasteiger partial charge < -0.3 is 5.11 Å². The van der Waals surface area contributed by atoms with Gasteiger partial charge >= 0.3 is 0 Å². The highest BCUT2D eigenvalue weighted by Crippen LogP contribution is 2.68. The van der Waals surface area contributed by atoms with E-state index < -0.39 is 5.72 Å². The highest BCUT2D eigenvalue weighted by Gasteiger charge is 2.64. The van der Waals surface area contributed by atoms with Crippen molar-refractivity contribution in [2.24, 2.45) is 39.6 Å². The van der Waals surface area contributed by atoms with Gasteiger partial charge in [0.15, 0.2) is 0 Å². The van der Waals surface area contributed by atoms with Crippen LogP contribution in [0.1, 0.15) is 71.6 Å². The lowest BCUT2D eigenvalue weighted by Gasteiger charge is -2.60. The third-order valence-electron chi connectivity index (χ3n) is 8.80. The first kappa shape index (κ1) is 16.4. The maximum atomic E-state index is 11.9. The van der Waals surface area contributed by atoms with Crippen LogP contribution in [0, 0.1) is 34.5 Å². The zero-order chi connectivity index (χ0) is 17.2. The molecule has 1 N–H and O–H groups in total. The van der Waals surface area contributed by atoms with E-state index in [-0.39, 0.29) is 10.8 Å². The van der Waals surface area contributed by atoms with Gasteiger partial charge in [0, 0.05) is 23.2 Å². The van der Waals surface area contributed by atoms with Gasteiger partial charge in [0.05, 0.1) is 0 Å². The Hall–Kier alpha value is -1.06. The van der Waals surface area contributed by atoms with Gasteiger partial charge in [-0.1, -0.05) is 19.0 Å². The second kappa shape index (κ2) is 5.22. The molecule has 4 aliphatic rings. The van der Waals surface area contributed by atoms with Gasteiger partial charge in [-0.05, 0) is 79.6 Å². The van der Waals surface area contributed by atoms with E-state index >= 15 is 0 Å². The van der Waals surface area contributed by atoms with E-state index in [4.69, 9.17) is 5.53 Å². The molecule has 24 heavy (non-hydrogen) atoms. The number of ketones is 1. The molecular weight excluding hydrogens is 302 g/mol. The molecule has 2 unspecified atom stereocenters. The number of carbonyl (C=O) groups is 1. The van der Waals surface area contributed by atoms with E-state index in [9.17, 15) is 9.90 Å². The first-order valence-corrected chi connectivity index (χ1v) is 9.64. The van der Waals surface area contributed by atoms with Crippen LogP contribution in [-0.4, -0.2) is 16.6 Å². The minimum Gasteiger partial charge on any atom is -0.383 e. The first-order chi connectivity index (χ1) is 11.3. The summed E-state index contributed by atoms with van der Waals surface area (Å²) < 4.78 is 0. The summed E-state index contributed by atoms with van der Waals surface area (Å²) in [6, 6.07) is 0. The van der Waals surface area contributed by atoms with Crippen molar-refractivity contribution < 1.29 is 9.90 Å². The normalized spacial score (nSPS) is 53.5. The smallest absolute Gasteiger partial charge is 0.149 e. The van der Waals surface area contributed by atoms with Gasteiger partial charge in [-0.3, -0.25) is 4.79 Å². The van der Waals surface area contributed by atoms with Crippen molar-refractivity contribution in [3.05, 3.63) is 10.4 Å². The number of azide groups is 1. The minimum absolute atomic E-state index is 0.284. The maximum absolute atomic E-state index is 11.9. The first-order valence-electron chi connectivity index (χ1n) is 9.64. The highest BCUT2D eigenvalue weighted by atomic mass is 16.3. The zero-order valence-corrected chi connectivity index (χ0v) is 14.9. The Morgan fingerprint density at radius 1 is 1.12 bits per heavy atom. The second-order valence-corrected chi connectivity index (χ2v) is 9.40. The molecule has 0 amide bonds. The van der Waals surface area contributed by atoms with Crippen LogP contribution >= 0.6 is 0 Å². The zero-order valence-electron chi connectivity index (χ0n) is 14.9. The van der Waals surface area contributed by atoms with Crippen LogP contribution < -0.4 is 0 Å². The SMILES string of the molecule is C[C@]12CCC(=O)CC1CC[C@@H]1[C@H]2CC[C@@]2(C)[C@H]1CCC2(O)N=[N+]=[N-]. The summed E-state index contributed by atoms with van der Waals surface area (Å²) in [5, 5.41) is 14.9. The largest absolute Gasteiger partial charge is 0.383 e. The topological polar surface area (TPSA) is 86.1 Å². The second-order valence-electron chi connectivity index (χ2n) is 9.40. The fourth-order valence-electron chi connectivity index (χ4n) is 7.28. The van der Waals surface area contributed by atoms with Crippen molar-refractivity contribution in [3.63, 3.8) is 0 Å². The van der Waals surface area contributed by atoms with Gasteiger partial charge in [-0.15, -0.1) is 0 Å². The predicted molar refractivity (Wildman–Crippen MR) is 90.8 cm³/mol. The number of Topliss-reactive ketones (excluding diaryl/α,β-unsaturated/α-hetero) is 1. The van der Waals surface area contributed by atoms with Crippen LogP contribution in [0.15, 0.2) is 5.11 Å². The van der Waals surface area contributed by atoms with Crippen LogP contribution in [0.5, 0.6) is 0 Å². The standard InChI is InChI=1S/C19H29N3O2/c1-17-8-5-13(23)11-12(17)3-4-14-15(17)6-9-18(2)16(14)7-10-19(18,24)21-22-20/h12,14-16,24H,3-11H2,1-2H3/t12?,14-,15-,16+,17+,18+,19?/m1/s1. The number of carbonyl (C=O) groups excluding carboxylic acids is 1. The summed E-state index contributed by atoms with van der Waals surface area (Å²) in [7, 11) is 0. The molecule has 4 rings (SSSR count). The Kier molecular flexibility index (Phi) is 3.57. The van der Waals surface area contributed by atoms with Crippen molar-refractivity contribution in [2.75, 3.05) is 0 Å². The molecular formula is C19H29N3O2. The van der Waals surface area contributed by atoms with Crippen molar-refractivity contribution >= 4 is 5.78 Å².